The van der Waals surface area contributed by atoms with Crippen LogP contribution in [0, 0.1) is 5.92 Å². The molecular weight excluding hydrogens is 272 g/mol. The molecule has 3 heteroatoms. The molecule has 0 bridgehead atoms. The van der Waals surface area contributed by atoms with Crippen LogP contribution in [-0.2, 0) is 4.79 Å². The van der Waals surface area contributed by atoms with Crippen molar-refractivity contribution in [2.45, 2.75) is 83.1 Å². The largest absolute Gasteiger partial charge is 0.343 e. The van der Waals surface area contributed by atoms with Crippen molar-refractivity contribution in [3.63, 3.8) is 0 Å². The van der Waals surface area contributed by atoms with E-state index in [2.05, 4.69) is 9.80 Å². The second-order valence-electron chi connectivity index (χ2n) is 7.76. The van der Waals surface area contributed by atoms with Crippen molar-refractivity contribution < 1.29 is 4.79 Å². The Bertz CT molecular complexity index is 345. The average Bonchev–Trinajstić information content (AvgIpc) is 3.01. The number of piperidine rings is 1. The van der Waals surface area contributed by atoms with E-state index in [1.54, 1.807) is 0 Å². The number of hydrogen-bond acceptors (Lipinski definition) is 2. The van der Waals surface area contributed by atoms with Gasteiger partial charge < -0.3 is 4.90 Å². The third kappa shape index (κ3) is 4.47. The van der Waals surface area contributed by atoms with Gasteiger partial charge in [-0.25, -0.2) is 0 Å². The molecule has 1 unspecified atom stereocenters. The SMILES string of the molecule is O=C(CCN1CCCC1CC1CCCCC1)N1CCCCC1. The Balaban J connectivity index is 1.41. The lowest BCUT2D eigenvalue weighted by molar-refractivity contribution is -0.132. The molecule has 0 aromatic rings. The molecule has 0 spiro atoms. The van der Waals surface area contributed by atoms with Gasteiger partial charge in [-0.15, -0.1) is 0 Å². The van der Waals surface area contributed by atoms with Crippen LogP contribution in [0.4, 0.5) is 0 Å². The van der Waals surface area contributed by atoms with Crippen LogP contribution in [0.5, 0.6) is 0 Å². The predicted molar refractivity (Wildman–Crippen MR) is 90.8 cm³/mol. The van der Waals surface area contributed by atoms with Crippen molar-refractivity contribution in [1.82, 2.24) is 9.80 Å². The van der Waals surface area contributed by atoms with Gasteiger partial charge >= 0.3 is 0 Å². The summed E-state index contributed by atoms with van der Waals surface area (Å²) in [5, 5.41) is 0. The summed E-state index contributed by atoms with van der Waals surface area (Å²) in [6.07, 6.45) is 15.8. The summed E-state index contributed by atoms with van der Waals surface area (Å²) in [7, 11) is 0. The first-order valence-electron chi connectivity index (χ1n) is 9.85. The van der Waals surface area contributed by atoms with Crippen molar-refractivity contribution in [3.05, 3.63) is 0 Å². The van der Waals surface area contributed by atoms with Crippen molar-refractivity contribution in [2.24, 2.45) is 5.92 Å². The number of carbonyl (C=O) groups is 1. The molecular formula is C19H34N2O. The number of nitrogens with zero attached hydrogens (tertiary/aromatic N) is 2. The van der Waals surface area contributed by atoms with Crippen LogP contribution in [0.15, 0.2) is 0 Å². The number of amides is 1. The Morgan fingerprint density at radius 3 is 2.32 bits per heavy atom. The molecule has 2 aliphatic heterocycles. The fourth-order valence-corrected chi connectivity index (χ4v) is 4.80. The van der Waals surface area contributed by atoms with Crippen LogP contribution in [0.3, 0.4) is 0 Å². The van der Waals surface area contributed by atoms with Crippen LogP contribution < -0.4 is 0 Å². The zero-order valence-electron chi connectivity index (χ0n) is 14.3. The summed E-state index contributed by atoms with van der Waals surface area (Å²) in [5.41, 5.74) is 0. The summed E-state index contributed by atoms with van der Waals surface area (Å²) in [4.78, 5) is 17.1. The predicted octanol–water partition coefficient (Wildman–Crippen LogP) is 3.82. The Morgan fingerprint density at radius 2 is 1.55 bits per heavy atom. The van der Waals surface area contributed by atoms with E-state index in [0.717, 1.165) is 38.0 Å². The third-order valence-corrected chi connectivity index (χ3v) is 6.15. The first-order valence-corrected chi connectivity index (χ1v) is 9.85. The van der Waals surface area contributed by atoms with E-state index >= 15 is 0 Å². The second kappa shape index (κ2) is 8.33. The molecule has 2 heterocycles. The normalized spacial score (nSPS) is 28.2. The minimum atomic E-state index is 0.406. The summed E-state index contributed by atoms with van der Waals surface area (Å²) >= 11 is 0. The summed E-state index contributed by atoms with van der Waals surface area (Å²) in [6.45, 7) is 4.24. The van der Waals surface area contributed by atoms with Gasteiger partial charge in [0.15, 0.2) is 0 Å². The van der Waals surface area contributed by atoms with Gasteiger partial charge in [0.25, 0.3) is 0 Å². The highest BCUT2D eigenvalue weighted by atomic mass is 16.2. The first-order chi connectivity index (χ1) is 10.8. The Morgan fingerprint density at radius 1 is 0.818 bits per heavy atom. The van der Waals surface area contributed by atoms with E-state index in [4.69, 9.17) is 0 Å². The molecule has 0 aromatic carbocycles. The molecule has 1 atom stereocenters. The van der Waals surface area contributed by atoms with Crippen molar-refractivity contribution in [1.29, 1.82) is 0 Å². The molecule has 126 valence electrons. The first kappa shape index (κ1) is 16.3. The molecule has 1 amide bonds. The maximum absolute atomic E-state index is 12.4. The summed E-state index contributed by atoms with van der Waals surface area (Å²) in [5.74, 6) is 1.38. The molecule has 1 aliphatic carbocycles. The molecule has 2 saturated heterocycles. The van der Waals surface area contributed by atoms with Gasteiger partial charge in [-0.05, 0) is 51.0 Å². The van der Waals surface area contributed by atoms with Gasteiger partial charge in [0.2, 0.25) is 5.91 Å². The number of hydrogen-bond donors (Lipinski definition) is 0. The lowest BCUT2D eigenvalue weighted by Crippen LogP contribution is -2.39. The summed E-state index contributed by atoms with van der Waals surface area (Å²) in [6, 6.07) is 0.775. The van der Waals surface area contributed by atoms with Crippen LogP contribution in [0.25, 0.3) is 0 Å². The standard InChI is InChI=1S/C19H34N2O/c22-19(21-12-5-2-6-13-21)11-15-20-14-7-10-18(20)16-17-8-3-1-4-9-17/h17-18H,1-16H2. The van der Waals surface area contributed by atoms with Crippen LogP contribution in [0.1, 0.15) is 77.0 Å². The lowest BCUT2D eigenvalue weighted by Gasteiger charge is -2.31. The fourth-order valence-electron chi connectivity index (χ4n) is 4.80. The van der Waals surface area contributed by atoms with Crippen LogP contribution in [0.2, 0.25) is 0 Å². The van der Waals surface area contributed by atoms with E-state index in [1.165, 1.54) is 77.2 Å². The lowest BCUT2D eigenvalue weighted by atomic mass is 9.84. The van der Waals surface area contributed by atoms with Gasteiger partial charge in [0.05, 0.1) is 0 Å². The maximum Gasteiger partial charge on any atom is 0.223 e. The minimum Gasteiger partial charge on any atom is -0.343 e. The number of rotatable bonds is 5. The quantitative estimate of drug-likeness (QED) is 0.771. The molecule has 0 aromatic heterocycles. The Labute approximate surface area is 136 Å². The molecule has 1 saturated carbocycles. The maximum atomic E-state index is 12.4. The molecule has 3 aliphatic rings. The zero-order chi connectivity index (χ0) is 15.2. The van der Waals surface area contributed by atoms with Crippen molar-refractivity contribution in [2.75, 3.05) is 26.2 Å². The van der Waals surface area contributed by atoms with Gasteiger partial charge in [-0.1, -0.05) is 32.1 Å². The highest BCUT2D eigenvalue weighted by molar-refractivity contribution is 5.76. The molecule has 0 radical (unpaired) electrons. The second-order valence-corrected chi connectivity index (χ2v) is 7.76. The van der Waals surface area contributed by atoms with Gasteiger partial charge in [-0.3, -0.25) is 9.69 Å². The van der Waals surface area contributed by atoms with E-state index in [1.807, 2.05) is 0 Å². The van der Waals surface area contributed by atoms with E-state index in [9.17, 15) is 4.79 Å². The highest BCUT2D eigenvalue weighted by Crippen LogP contribution is 2.32. The van der Waals surface area contributed by atoms with E-state index in [0.29, 0.717) is 5.91 Å². The zero-order valence-corrected chi connectivity index (χ0v) is 14.3. The average molecular weight is 306 g/mol. The number of likely N-dealkylation sites (tertiary alicyclic amines) is 2. The molecule has 0 N–H and O–H groups in total. The monoisotopic (exact) mass is 306 g/mol. The molecule has 3 nitrogen and oxygen atoms in total. The Kier molecular flexibility index (Phi) is 6.17. The Hall–Kier alpha value is -0.570. The van der Waals surface area contributed by atoms with Gasteiger partial charge in [-0.2, -0.15) is 0 Å². The van der Waals surface area contributed by atoms with Crippen LogP contribution >= 0.6 is 0 Å². The van der Waals surface area contributed by atoms with E-state index < -0.39 is 0 Å². The number of carbonyl (C=O) groups excluding carboxylic acids is 1. The fraction of sp³-hybridized carbons (Fsp3) is 0.947. The van der Waals surface area contributed by atoms with E-state index in [-0.39, 0.29) is 0 Å². The topological polar surface area (TPSA) is 23.6 Å². The van der Waals surface area contributed by atoms with Gasteiger partial charge in [0, 0.05) is 32.1 Å². The highest BCUT2D eigenvalue weighted by Gasteiger charge is 2.28. The van der Waals surface area contributed by atoms with Crippen molar-refractivity contribution >= 4 is 5.91 Å². The molecule has 3 rings (SSSR count). The third-order valence-electron chi connectivity index (χ3n) is 6.15. The van der Waals surface area contributed by atoms with Gasteiger partial charge in [0.1, 0.15) is 0 Å². The summed E-state index contributed by atoms with van der Waals surface area (Å²) < 4.78 is 0. The molecule has 22 heavy (non-hydrogen) atoms. The molecule has 3 fully saturated rings. The minimum absolute atomic E-state index is 0.406. The van der Waals surface area contributed by atoms with Crippen LogP contribution in [-0.4, -0.2) is 47.9 Å². The van der Waals surface area contributed by atoms with Crippen molar-refractivity contribution in [3.8, 4) is 0 Å². The smallest absolute Gasteiger partial charge is 0.223 e.